The Hall–Kier alpha value is -3.18. The fraction of sp³-hybridized carbons (Fsp3) is 0.333. The second kappa shape index (κ2) is 9.13. The van der Waals surface area contributed by atoms with Gasteiger partial charge in [0.1, 0.15) is 11.9 Å². The number of benzene rings is 2. The summed E-state index contributed by atoms with van der Waals surface area (Å²) in [5.41, 5.74) is 6.09. The van der Waals surface area contributed by atoms with Gasteiger partial charge in [0.2, 0.25) is 5.91 Å². The maximum atomic E-state index is 12.7. The molecule has 5 nitrogen and oxygen atoms in total. The van der Waals surface area contributed by atoms with Gasteiger partial charge in [0.05, 0.1) is 5.92 Å². The van der Waals surface area contributed by atoms with Gasteiger partial charge in [0.25, 0.3) is 0 Å². The van der Waals surface area contributed by atoms with E-state index in [4.69, 9.17) is 4.74 Å². The SMILES string of the molecule is C[C@H]1Cc2cc(CN3CCNC(=O)[C@H](Cc4ccc(-c5ccncc5)cc4)C3)ccc2O1. The highest BCUT2D eigenvalue weighted by molar-refractivity contribution is 5.79. The van der Waals surface area contributed by atoms with Crippen molar-refractivity contribution in [2.45, 2.75) is 32.4 Å². The minimum Gasteiger partial charge on any atom is -0.490 e. The Morgan fingerprint density at radius 2 is 1.78 bits per heavy atom. The molecule has 164 valence electrons. The minimum absolute atomic E-state index is 0.0536. The summed E-state index contributed by atoms with van der Waals surface area (Å²) >= 11 is 0. The van der Waals surface area contributed by atoms with Crippen LogP contribution in [0.2, 0.25) is 0 Å². The molecule has 32 heavy (non-hydrogen) atoms. The summed E-state index contributed by atoms with van der Waals surface area (Å²) in [6.07, 6.45) is 5.59. The van der Waals surface area contributed by atoms with Gasteiger partial charge in [0.15, 0.2) is 0 Å². The first-order chi connectivity index (χ1) is 15.6. The fourth-order valence-electron chi connectivity index (χ4n) is 4.76. The summed E-state index contributed by atoms with van der Waals surface area (Å²) in [5, 5.41) is 3.11. The van der Waals surface area contributed by atoms with Crippen LogP contribution in [0.4, 0.5) is 0 Å². The van der Waals surface area contributed by atoms with Crippen LogP contribution >= 0.6 is 0 Å². The zero-order chi connectivity index (χ0) is 21.9. The largest absolute Gasteiger partial charge is 0.490 e. The number of rotatable bonds is 5. The van der Waals surface area contributed by atoms with Crippen molar-refractivity contribution in [2.24, 2.45) is 5.92 Å². The highest BCUT2D eigenvalue weighted by Crippen LogP contribution is 2.30. The maximum absolute atomic E-state index is 12.7. The molecule has 1 amide bonds. The fourth-order valence-corrected chi connectivity index (χ4v) is 4.76. The lowest BCUT2D eigenvalue weighted by Gasteiger charge is -2.23. The average molecular weight is 428 g/mol. The van der Waals surface area contributed by atoms with Crippen LogP contribution in [-0.2, 0) is 24.2 Å². The third-order valence-electron chi connectivity index (χ3n) is 6.39. The van der Waals surface area contributed by atoms with Gasteiger partial charge in [-0.2, -0.15) is 0 Å². The molecule has 0 radical (unpaired) electrons. The normalized spacial score (nSPS) is 20.8. The number of hydrogen-bond donors (Lipinski definition) is 1. The Kier molecular flexibility index (Phi) is 5.91. The van der Waals surface area contributed by atoms with Crippen LogP contribution in [0.3, 0.4) is 0 Å². The summed E-state index contributed by atoms with van der Waals surface area (Å²) in [6, 6.07) is 19.1. The lowest BCUT2D eigenvalue weighted by atomic mass is 9.96. The topological polar surface area (TPSA) is 54.5 Å². The van der Waals surface area contributed by atoms with Crippen LogP contribution < -0.4 is 10.1 Å². The molecule has 1 fully saturated rings. The molecule has 5 rings (SSSR count). The number of nitrogens with one attached hydrogen (secondary N) is 1. The van der Waals surface area contributed by atoms with Crippen molar-refractivity contribution in [1.29, 1.82) is 0 Å². The second-order valence-corrected chi connectivity index (χ2v) is 8.93. The van der Waals surface area contributed by atoms with Crippen molar-refractivity contribution >= 4 is 5.91 Å². The molecule has 3 aromatic rings. The predicted molar refractivity (Wildman–Crippen MR) is 125 cm³/mol. The van der Waals surface area contributed by atoms with Gasteiger partial charge in [-0.15, -0.1) is 0 Å². The number of hydrogen-bond acceptors (Lipinski definition) is 4. The summed E-state index contributed by atoms with van der Waals surface area (Å²) in [5.74, 6) is 1.12. The number of pyridine rings is 1. The Morgan fingerprint density at radius 1 is 1.03 bits per heavy atom. The first-order valence-corrected chi connectivity index (χ1v) is 11.4. The van der Waals surface area contributed by atoms with Crippen LogP contribution in [0.5, 0.6) is 5.75 Å². The van der Waals surface area contributed by atoms with Gasteiger partial charge in [-0.1, -0.05) is 36.4 Å². The number of nitrogens with zero attached hydrogens (tertiary/aromatic N) is 2. The van der Waals surface area contributed by atoms with Crippen molar-refractivity contribution < 1.29 is 9.53 Å². The first-order valence-electron chi connectivity index (χ1n) is 11.4. The zero-order valence-electron chi connectivity index (χ0n) is 18.5. The molecule has 1 aromatic heterocycles. The number of amides is 1. The molecule has 1 N–H and O–H groups in total. The van der Waals surface area contributed by atoms with Crippen LogP contribution in [-0.4, -0.2) is 41.5 Å². The monoisotopic (exact) mass is 427 g/mol. The molecule has 2 aromatic carbocycles. The summed E-state index contributed by atoms with van der Waals surface area (Å²) in [7, 11) is 0. The lowest BCUT2D eigenvalue weighted by molar-refractivity contribution is -0.124. The van der Waals surface area contributed by atoms with Crippen molar-refractivity contribution in [3.63, 3.8) is 0 Å². The van der Waals surface area contributed by atoms with Crippen molar-refractivity contribution in [2.75, 3.05) is 19.6 Å². The van der Waals surface area contributed by atoms with Crippen molar-refractivity contribution in [1.82, 2.24) is 15.2 Å². The van der Waals surface area contributed by atoms with Gasteiger partial charge >= 0.3 is 0 Å². The van der Waals surface area contributed by atoms with Crippen molar-refractivity contribution in [3.05, 3.63) is 83.7 Å². The van der Waals surface area contributed by atoms with Crippen LogP contribution in [0.15, 0.2) is 67.0 Å². The Labute approximate surface area is 189 Å². The molecule has 5 heteroatoms. The molecular weight excluding hydrogens is 398 g/mol. The molecule has 0 spiro atoms. The predicted octanol–water partition coefficient (Wildman–Crippen LogP) is 3.86. The third-order valence-corrected chi connectivity index (χ3v) is 6.39. The molecule has 2 aliphatic heterocycles. The molecule has 0 unspecified atom stereocenters. The van der Waals surface area contributed by atoms with Gasteiger partial charge in [-0.05, 0) is 59.4 Å². The van der Waals surface area contributed by atoms with Gasteiger partial charge in [0, 0.05) is 45.0 Å². The minimum atomic E-state index is -0.0536. The summed E-state index contributed by atoms with van der Waals surface area (Å²) < 4.78 is 5.83. The van der Waals surface area contributed by atoms with Crippen LogP contribution in [0.25, 0.3) is 11.1 Å². The highest BCUT2D eigenvalue weighted by atomic mass is 16.5. The number of aromatic nitrogens is 1. The molecule has 0 saturated carbocycles. The van der Waals surface area contributed by atoms with E-state index < -0.39 is 0 Å². The van der Waals surface area contributed by atoms with E-state index in [0.717, 1.165) is 49.4 Å². The van der Waals surface area contributed by atoms with E-state index in [1.54, 1.807) is 0 Å². The molecular formula is C27H29N3O2. The summed E-state index contributed by atoms with van der Waals surface area (Å²) in [6.45, 7) is 5.30. The van der Waals surface area contributed by atoms with Crippen LogP contribution in [0, 0.1) is 5.92 Å². The number of fused-ring (bicyclic) bond motifs is 1. The molecule has 2 atom stereocenters. The second-order valence-electron chi connectivity index (χ2n) is 8.93. The molecule has 0 bridgehead atoms. The zero-order valence-corrected chi connectivity index (χ0v) is 18.5. The van der Waals surface area contributed by atoms with Crippen LogP contribution in [0.1, 0.15) is 23.6 Å². The quantitative estimate of drug-likeness (QED) is 0.672. The Morgan fingerprint density at radius 3 is 2.59 bits per heavy atom. The first kappa shape index (κ1) is 20.7. The van der Waals surface area contributed by atoms with E-state index in [2.05, 4.69) is 64.6 Å². The molecule has 0 aliphatic carbocycles. The Bertz CT molecular complexity index is 1080. The Balaban J connectivity index is 1.26. The smallest absolute Gasteiger partial charge is 0.224 e. The third kappa shape index (κ3) is 4.68. The average Bonchev–Trinajstić information content (AvgIpc) is 3.09. The van der Waals surface area contributed by atoms with Gasteiger partial charge in [-0.3, -0.25) is 14.7 Å². The molecule has 2 aliphatic rings. The van der Waals surface area contributed by atoms with Gasteiger partial charge < -0.3 is 10.1 Å². The highest BCUT2D eigenvalue weighted by Gasteiger charge is 2.26. The van der Waals surface area contributed by atoms with E-state index >= 15 is 0 Å². The summed E-state index contributed by atoms with van der Waals surface area (Å²) in [4.78, 5) is 19.2. The lowest BCUT2D eigenvalue weighted by Crippen LogP contribution is -2.33. The number of ether oxygens (including phenoxy) is 1. The van der Waals surface area contributed by atoms with E-state index in [0.29, 0.717) is 6.54 Å². The van der Waals surface area contributed by atoms with Crippen molar-refractivity contribution in [3.8, 4) is 16.9 Å². The van der Waals surface area contributed by atoms with E-state index in [1.165, 1.54) is 16.7 Å². The van der Waals surface area contributed by atoms with Gasteiger partial charge in [-0.25, -0.2) is 0 Å². The molecule has 3 heterocycles. The number of carbonyl (C=O) groups is 1. The molecule has 1 saturated heterocycles. The maximum Gasteiger partial charge on any atom is 0.224 e. The standard InChI is InChI=1S/C27H29N3O2/c1-19-14-24-16-21(4-7-26(24)32-19)17-30-13-12-29-27(31)25(18-30)15-20-2-5-22(6-3-20)23-8-10-28-11-9-23/h2-11,16,19,25H,12-15,17-18H2,1H3,(H,29,31)/t19-,25+/m0/s1. The number of carbonyl (C=O) groups excluding carboxylic acids is 1. The van der Waals surface area contributed by atoms with E-state index in [1.807, 2.05) is 24.5 Å². The van der Waals surface area contributed by atoms with E-state index in [9.17, 15) is 4.79 Å². The van der Waals surface area contributed by atoms with E-state index in [-0.39, 0.29) is 17.9 Å².